The standard InChI is InChI=1S/C15H18N4/c1-2-9-16-13-5-3-12(4-6-13)14-7-8-15-17-10-11-19(15)18-14/h3-8,16H,2,9-11H2,1H3. The number of hydrazone groups is 1. The molecular formula is C15H18N4. The quantitative estimate of drug-likeness (QED) is 0.896. The second kappa shape index (κ2) is 5.26. The summed E-state index contributed by atoms with van der Waals surface area (Å²) in [4.78, 5) is 4.37. The molecule has 0 fully saturated rings. The number of nitrogens with one attached hydrogen (secondary N) is 1. The van der Waals surface area contributed by atoms with Crippen LogP contribution < -0.4 is 5.32 Å². The van der Waals surface area contributed by atoms with Gasteiger partial charge in [0.1, 0.15) is 5.84 Å². The van der Waals surface area contributed by atoms with Crippen LogP contribution in [-0.2, 0) is 0 Å². The summed E-state index contributed by atoms with van der Waals surface area (Å²) in [5.74, 6) is 0.977. The number of rotatable bonds is 4. The van der Waals surface area contributed by atoms with Crippen molar-refractivity contribution in [3.8, 4) is 0 Å². The summed E-state index contributed by atoms with van der Waals surface area (Å²) in [6.07, 6.45) is 5.21. The number of benzene rings is 1. The van der Waals surface area contributed by atoms with Gasteiger partial charge in [-0.25, -0.2) is 5.01 Å². The maximum absolute atomic E-state index is 4.62. The van der Waals surface area contributed by atoms with E-state index in [0.29, 0.717) is 0 Å². The first-order valence-electron chi connectivity index (χ1n) is 6.80. The van der Waals surface area contributed by atoms with Crippen molar-refractivity contribution in [3.05, 3.63) is 42.0 Å². The number of anilines is 1. The Morgan fingerprint density at radius 2 is 2.05 bits per heavy atom. The number of nitrogens with zero attached hydrogens (tertiary/aromatic N) is 3. The van der Waals surface area contributed by atoms with E-state index < -0.39 is 0 Å². The topological polar surface area (TPSA) is 40.0 Å². The van der Waals surface area contributed by atoms with Crippen molar-refractivity contribution in [1.82, 2.24) is 5.01 Å². The third-order valence-corrected chi connectivity index (χ3v) is 3.23. The van der Waals surface area contributed by atoms with Crippen molar-refractivity contribution in [3.63, 3.8) is 0 Å². The summed E-state index contributed by atoms with van der Waals surface area (Å²) in [6.45, 7) is 4.90. The average Bonchev–Trinajstić information content (AvgIpc) is 2.93. The summed E-state index contributed by atoms with van der Waals surface area (Å²) in [5, 5.41) is 9.96. The SMILES string of the molecule is CCCNc1ccc(C2=NN3CCN=C3C=C2)cc1. The van der Waals surface area contributed by atoms with Crippen LogP contribution in [0.15, 0.2) is 46.5 Å². The van der Waals surface area contributed by atoms with Crippen LogP contribution in [0, 0.1) is 0 Å². The number of amidine groups is 1. The molecule has 1 N–H and O–H groups in total. The lowest BCUT2D eigenvalue weighted by atomic mass is 10.1. The van der Waals surface area contributed by atoms with Crippen molar-refractivity contribution in [2.45, 2.75) is 13.3 Å². The lowest BCUT2D eigenvalue weighted by molar-refractivity contribution is 0.490. The maximum atomic E-state index is 4.62. The summed E-state index contributed by atoms with van der Waals surface area (Å²) in [6, 6.07) is 8.43. The fourth-order valence-electron chi connectivity index (χ4n) is 2.19. The van der Waals surface area contributed by atoms with E-state index in [-0.39, 0.29) is 0 Å². The largest absolute Gasteiger partial charge is 0.385 e. The van der Waals surface area contributed by atoms with Crippen molar-refractivity contribution in [2.24, 2.45) is 10.1 Å². The minimum Gasteiger partial charge on any atom is -0.385 e. The third-order valence-electron chi connectivity index (χ3n) is 3.23. The van der Waals surface area contributed by atoms with Crippen molar-refractivity contribution < 1.29 is 0 Å². The first-order chi connectivity index (χ1) is 9.36. The second-order valence-electron chi connectivity index (χ2n) is 4.69. The van der Waals surface area contributed by atoms with Crippen molar-refractivity contribution >= 4 is 17.2 Å². The third kappa shape index (κ3) is 2.52. The van der Waals surface area contributed by atoms with Crippen LogP contribution in [0.2, 0.25) is 0 Å². The Kier molecular flexibility index (Phi) is 3.31. The van der Waals surface area contributed by atoms with Gasteiger partial charge in [0, 0.05) is 17.8 Å². The number of hydrogen-bond donors (Lipinski definition) is 1. The normalized spacial score (nSPS) is 17.0. The summed E-state index contributed by atoms with van der Waals surface area (Å²) in [5.41, 5.74) is 3.31. The summed E-state index contributed by atoms with van der Waals surface area (Å²) in [7, 11) is 0. The molecule has 0 aliphatic carbocycles. The molecule has 4 nitrogen and oxygen atoms in total. The zero-order valence-corrected chi connectivity index (χ0v) is 11.1. The molecule has 2 aliphatic rings. The number of hydrogen-bond acceptors (Lipinski definition) is 4. The first-order valence-corrected chi connectivity index (χ1v) is 6.80. The highest BCUT2D eigenvalue weighted by Gasteiger charge is 2.18. The molecule has 0 saturated heterocycles. The van der Waals surface area contributed by atoms with E-state index in [0.717, 1.165) is 48.9 Å². The zero-order valence-electron chi connectivity index (χ0n) is 11.1. The maximum Gasteiger partial charge on any atom is 0.144 e. The number of aliphatic imine (C=N–C) groups is 1. The van der Waals surface area contributed by atoms with Gasteiger partial charge in [0.2, 0.25) is 0 Å². The molecule has 0 aromatic heterocycles. The molecule has 1 aromatic rings. The minimum absolute atomic E-state index is 0.844. The van der Waals surface area contributed by atoms with Gasteiger partial charge in [0.05, 0.1) is 18.8 Å². The first kappa shape index (κ1) is 12.0. The van der Waals surface area contributed by atoms with Crippen LogP contribution in [0.3, 0.4) is 0 Å². The van der Waals surface area contributed by atoms with E-state index in [1.54, 1.807) is 0 Å². The lowest BCUT2D eigenvalue weighted by Crippen LogP contribution is -2.25. The monoisotopic (exact) mass is 254 g/mol. The Bertz CT molecular complexity index is 540. The van der Waals surface area contributed by atoms with Gasteiger partial charge in [0.15, 0.2) is 0 Å². The van der Waals surface area contributed by atoms with Gasteiger partial charge in [-0.15, -0.1) is 0 Å². The summed E-state index contributed by atoms with van der Waals surface area (Å²) < 4.78 is 0. The molecule has 19 heavy (non-hydrogen) atoms. The molecule has 0 amide bonds. The van der Waals surface area contributed by atoms with E-state index in [1.807, 2.05) is 17.2 Å². The lowest BCUT2D eigenvalue weighted by Gasteiger charge is -2.17. The molecule has 0 radical (unpaired) electrons. The van der Waals surface area contributed by atoms with E-state index >= 15 is 0 Å². The molecule has 2 heterocycles. The highest BCUT2D eigenvalue weighted by molar-refractivity contribution is 6.14. The van der Waals surface area contributed by atoms with Crippen LogP contribution >= 0.6 is 0 Å². The fourth-order valence-corrected chi connectivity index (χ4v) is 2.19. The Morgan fingerprint density at radius 1 is 1.21 bits per heavy atom. The van der Waals surface area contributed by atoms with Gasteiger partial charge in [-0.1, -0.05) is 19.1 Å². The molecule has 0 atom stereocenters. The Hall–Kier alpha value is -2.10. The Balaban J connectivity index is 1.76. The van der Waals surface area contributed by atoms with Gasteiger partial charge in [0.25, 0.3) is 0 Å². The molecule has 0 saturated carbocycles. The molecule has 0 spiro atoms. The zero-order chi connectivity index (χ0) is 13.1. The smallest absolute Gasteiger partial charge is 0.144 e. The van der Waals surface area contributed by atoms with Gasteiger partial charge in [-0.05, 0) is 30.7 Å². The Morgan fingerprint density at radius 3 is 2.84 bits per heavy atom. The van der Waals surface area contributed by atoms with E-state index in [9.17, 15) is 0 Å². The molecule has 98 valence electrons. The van der Waals surface area contributed by atoms with Gasteiger partial charge < -0.3 is 5.32 Å². The molecule has 4 heteroatoms. The predicted molar refractivity (Wildman–Crippen MR) is 79.9 cm³/mol. The molecule has 3 rings (SSSR count). The second-order valence-corrected chi connectivity index (χ2v) is 4.69. The van der Waals surface area contributed by atoms with Gasteiger partial charge in [-0.3, -0.25) is 4.99 Å². The molecule has 2 aliphatic heterocycles. The highest BCUT2D eigenvalue weighted by Crippen LogP contribution is 2.15. The van der Waals surface area contributed by atoms with Crippen LogP contribution in [-0.4, -0.2) is 36.2 Å². The molecular weight excluding hydrogens is 236 g/mol. The molecule has 1 aromatic carbocycles. The minimum atomic E-state index is 0.844. The Labute approximate surface area is 113 Å². The highest BCUT2D eigenvalue weighted by atomic mass is 15.5. The van der Waals surface area contributed by atoms with Gasteiger partial charge >= 0.3 is 0 Å². The molecule has 0 bridgehead atoms. The number of fused-ring (bicyclic) bond motifs is 1. The van der Waals surface area contributed by atoms with Crippen LogP contribution in [0.4, 0.5) is 5.69 Å². The van der Waals surface area contributed by atoms with Crippen LogP contribution in [0.1, 0.15) is 18.9 Å². The van der Waals surface area contributed by atoms with E-state index in [1.165, 1.54) is 0 Å². The van der Waals surface area contributed by atoms with E-state index in [2.05, 4.69) is 46.6 Å². The fraction of sp³-hybridized carbons (Fsp3) is 0.333. The number of allylic oxidation sites excluding steroid dienone is 1. The van der Waals surface area contributed by atoms with Crippen LogP contribution in [0.25, 0.3) is 0 Å². The summed E-state index contributed by atoms with van der Waals surface area (Å²) >= 11 is 0. The van der Waals surface area contributed by atoms with Crippen LogP contribution in [0.5, 0.6) is 0 Å². The van der Waals surface area contributed by atoms with Crippen molar-refractivity contribution in [2.75, 3.05) is 25.0 Å². The predicted octanol–water partition coefficient (Wildman–Crippen LogP) is 2.50. The van der Waals surface area contributed by atoms with Crippen molar-refractivity contribution in [1.29, 1.82) is 0 Å². The van der Waals surface area contributed by atoms with Gasteiger partial charge in [-0.2, -0.15) is 5.10 Å². The van der Waals surface area contributed by atoms with E-state index in [4.69, 9.17) is 0 Å². The average molecular weight is 254 g/mol. The molecule has 0 unspecified atom stereocenters.